The molecule has 1 unspecified atom stereocenters. The molecule has 9 heteroatoms. The van der Waals surface area contributed by atoms with Crippen molar-refractivity contribution in [2.24, 2.45) is 0 Å². The largest absolute Gasteiger partial charge is 0.383 e. The van der Waals surface area contributed by atoms with Crippen LogP contribution >= 0.6 is 11.6 Å². The fourth-order valence-electron chi connectivity index (χ4n) is 2.13. The molecule has 1 aromatic rings. The summed E-state index contributed by atoms with van der Waals surface area (Å²) in [4.78, 5) is 25.6. The quantitative estimate of drug-likeness (QED) is 0.621. The highest BCUT2D eigenvalue weighted by molar-refractivity contribution is 7.87. The molecule has 0 aromatic heterocycles. The van der Waals surface area contributed by atoms with Gasteiger partial charge in [0, 0.05) is 43.9 Å². The van der Waals surface area contributed by atoms with E-state index in [-0.39, 0.29) is 23.6 Å². The molecular formula is C15H17ClN2O5S. The molecule has 0 radical (unpaired) electrons. The van der Waals surface area contributed by atoms with Crippen molar-refractivity contribution < 1.29 is 22.2 Å². The first-order valence-corrected chi connectivity index (χ1v) is 8.85. The standard InChI is InChI=1S/C15H17ClN2O5S/c1-18(2)9-10-8-17-13(7-14(10)19)15(20)23-24(21,22)12-5-3-11(16)4-6-12/h3-6,9,13,17H,7-8H2,1-2H3. The Morgan fingerprint density at radius 1 is 1.33 bits per heavy atom. The first-order chi connectivity index (χ1) is 11.2. The first kappa shape index (κ1) is 18.4. The third kappa shape index (κ3) is 4.56. The maximum atomic E-state index is 12.1. The molecule has 0 aliphatic carbocycles. The number of piperidine rings is 1. The maximum absolute atomic E-state index is 12.1. The lowest BCUT2D eigenvalue weighted by Crippen LogP contribution is -2.46. The van der Waals surface area contributed by atoms with Gasteiger partial charge in [0.05, 0.1) is 0 Å². The average Bonchev–Trinajstić information content (AvgIpc) is 2.48. The summed E-state index contributed by atoms with van der Waals surface area (Å²) in [6.07, 6.45) is 1.50. The van der Waals surface area contributed by atoms with Gasteiger partial charge in [-0.05, 0) is 24.3 Å². The van der Waals surface area contributed by atoms with E-state index in [4.69, 9.17) is 11.6 Å². The summed E-state index contributed by atoms with van der Waals surface area (Å²) in [6.45, 7) is 0.164. The number of Topliss-reactive ketones (excluding diaryl/α,β-unsaturated/α-hetero) is 1. The van der Waals surface area contributed by atoms with E-state index in [1.807, 2.05) is 0 Å². The minimum Gasteiger partial charge on any atom is -0.383 e. The number of halogens is 1. The fraction of sp³-hybridized carbons (Fsp3) is 0.333. The number of nitrogens with zero attached hydrogens (tertiary/aromatic N) is 1. The summed E-state index contributed by atoms with van der Waals surface area (Å²) in [5.41, 5.74) is 0.518. The Morgan fingerprint density at radius 2 is 1.96 bits per heavy atom. The Labute approximate surface area is 145 Å². The molecule has 0 spiro atoms. The van der Waals surface area contributed by atoms with Gasteiger partial charge in [-0.2, -0.15) is 8.42 Å². The zero-order valence-electron chi connectivity index (χ0n) is 13.2. The van der Waals surface area contributed by atoms with E-state index in [1.54, 1.807) is 25.2 Å². The summed E-state index contributed by atoms with van der Waals surface area (Å²) in [7, 11) is -0.704. The minimum absolute atomic E-state index is 0.158. The first-order valence-electron chi connectivity index (χ1n) is 7.06. The number of carbonyl (C=O) groups excluding carboxylic acids is 2. The molecule has 0 saturated carbocycles. The molecule has 0 amide bonds. The van der Waals surface area contributed by atoms with Gasteiger partial charge in [0.15, 0.2) is 5.78 Å². The van der Waals surface area contributed by atoms with Crippen molar-refractivity contribution >= 4 is 33.5 Å². The van der Waals surface area contributed by atoms with Crippen LogP contribution in [0.1, 0.15) is 6.42 Å². The van der Waals surface area contributed by atoms with Gasteiger partial charge in [0.1, 0.15) is 10.9 Å². The number of hydrogen-bond acceptors (Lipinski definition) is 7. The zero-order valence-corrected chi connectivity index (χ0v) is 14.7. The molecule has 2 rings (SSSR count). The van der Waals surface area contributed by atoms with Gasteiger partial charge in [0.25, 0.3) is 0 Å². The summed E-state index contributed by atoms with van der Waals surface area (Å²) in [6, 6.07) is 4.23. The minimum atomic E-state index is -4.26. The van der Waals surface area contributed by atoms with Gasteiger partial charge in [0.2, 0.25) is 0 Å². The van der Waals surface area contributed by atoms with Crippen LogP contribution in [0.4, 0.5) is 0 Å². The lowest BCUT2D eigenvalue weighted by Gasteiger charge is -2.23. The van der Waals surface area contributed by atoms with E-state index >= 15 is 0 Å². The van der Waals surface area contributed by atoms with Crippen molar-refractivity contribution in [3.63, 3.8) is 0 Å². The van der Waals surface area contributed by atoms with E-state index in [9.17, 15) is 18.0 Å². The Kier molecular flexibility index (Phi) is 5.63. The fourth-order valence-corrected chi connectivity index (χ4v) is 3.16. The van der Waals surface area contributed by atoms with Crippen LogP contribution in [0.2, 0.25) is 5.02 Å². The molecule has 1 heterocycles. The van der Waals surface area contributed by atoms with Crippen molar-refractivity contribution in [2.45, 2.75) is 17.4 Å². The molecule has 1 aliphatic rings. The molecule has 130 valence electrons. The molecule has 0 bridgehead atoms. The van der Waals surface area contributed by atoms with Crippen LogP contribution in [-0.4, -0.2) is 51.8 Å². The van der Waals surface area contributed by atoms with Crippen LogP contribution in [-0.2, 0) is 23.9 Å². The van der Waals surface area contributed by atoms with Crippen molar-refractivity contribution in [1.29, 1.82) is 0 Å². The smallest absolute Gasteiger partial charge is 0.341 e. The second kappa shape index (κ2) is 7.33. The van der Waals surface area contributed by atoms with E-state index < -0.39 is 22.1 Å². The number of benzene rings is 1. The van der Waals surface area contributed by atoms with Crippen molar-refractivity contribution in [2.75, 3.05) is 20.6 Å². The van der Waals surface area contributed by atoms with Crippen LogP contribution in [0.5, 0.6) is 0 Å². The van der Waals surface area contributed by atoms with E-state index in [2.05, 4.69) is 9.50 Å². The van der Waals surface area contributed by atoms with Crippen molar-refractivity contribution in [3.8, 4) is 0 Å². The van der Waals surface area contributed by atoms with E-state index in [0.29, 0.717) is 10.6 Å². The van der Waals surface area contributed by atoms with Gasteiger partial charge in [-0.15, -0.1) is 0 Å². The maximum Gasteiger partial charge on any atom is 0.341 e. The SMILES string of the molecule is CN(C)C=C1CNC(C(=O)OS(=O)(=O)c2ccc(Cl)cc2)CC1=O. The summed E-state index contributed by atoms with van der Waals surface area (Å²) in [5, 5.41) is 3.17. The highest BCUT2D eigenvalue weighted by Crippen LogP contribution is 2.18. The summed E-state index contributed by atoms with van der Waals surface area (Å²) >= 11 is 5.70. The van der Waals surface area contributed by atoms with Gasteiger partial charge in [-0.1, -0.05) is 11.6 Å². The van der Waals surface area contributed by atoms with E-state index in [1.165, 1.54) is 24.3 Å². The average molecular weight is 373 g/mol. The molecule has 1 fully saturated rings. The second-order valence-corrected chi connectivity index (χ2v) is 7.47. The molecular weight excluding hydrogens is 356 g/mol. The molecule has 1 aliphatic heterocycles. The number of ketones is 1. The summed E-state index contributed by atoms with van der Waals surface area (Å²) < 4.78 is 28.8. The van der Waals surface area contributed by atoms with Gasteiger partial charge in [-0.3, -0.25) is 10.1 Å². The highest BCUT2D eigenvalue weighted by Gasteiger charge is 2.32. The second-order valence-electron chi connectivity index (χ2n) is 5.49. The normalized spacial score (nSPS) is 20.0. The lowest BCUT2D eigenvalue weighted by molar-refractivity contribution is -0.138. The number of rotatable bonds is 4. The molecule has 1 N–H and O–H groups in total. The molecule has 1 aromatic carbocycles. The third-order valence-corrected chi connectivity index (χ3v) is 4.76. The Hall–Kier alpha value is -1.90. The van der Waals surface area contributed by atoms with Crippen LogP contribution < -0.4 is 5.32 Å². The molecule has 7 nitrogen and oxygen atoms in total. The lowest BCUT2D eigenvalue weighted by atomic mass is 9.99. The molecule has 24 heavy (non-hydrogen) atoms. The Bertz CT molecular complexity index is 772. The summed E-state index contributed by atoms with van der Waals surface area (Å²) in [5.74, 6) is -1.24. The van der Waals surface area contributed by atoms with Gasteiger partial charge >= 0.3 is 16.1 Å². The monoisotopic (exact) mass is 372 g/mol. The topological polar surface area (TPSA) is 92.8 Å². The Morgan fingerprint density at radius 3 is 2.50 bits per heavy atom. The van der Waals surface area contributed by atoms with Crippen LogP contribution in [0.15, 0.2) is 40.9 Å². The highest BCUT2D eigenvalue weighted by atomic mass is 35.5. The van der Waals surface area contributed by atoms with Crippen LogP contribution in [0, 0.1) is 0 Å². The Balaban J connectivity index is 2.05. The van der Waals surface area contributed by atoms with Gasteiger partial charge < -0.3 is 9.08 Å². The van der Waals surface area contributed by atoms with E-state index in [0.717, 1.165) is 0 Å². The van der Waals surface area contributed by atoms with Crippen LogP contribution in [0.3, 0.4) is 0 Å². The molecule has 1 atom stereocenters. The van der Waals surface area contributed by atoms with Crippen molar-refractivity contribution in [1.82, 2.24) is 10.2 Å². The van der Waals surface area contributed by atoms with Gasteiger partial charge in [-0.25, -0.2) is 4.79 Å². The third-order valence-electron chi connectivity index (χ3n) is 3.28. The predicted octanol–water partition coefficient (Wildman–Crippen LogP) is 0.948. The molecule has 1 saturated heterocycles. The zero-order chi connectivity index (χ0) is 17.9. The predicted molar refractivity (Wildman–Crippen MR) is 87.9 cm³/mol. The van der Waals surface area contributed by atoms with Crippen LogP contribution in [0.25, 0.3) is 0 Å². The number of carbonyl (C=O) groups is 2. The number of hydrogen-bond donors (Lipinski definition) is 1. The number of nitrogens with one attached hydrogen (secondary N) is 1. The van der Waals surface area contributed by atoms with Crippen molar-refractivity contribution in [3.05, 3.63) is 41.1 Å².